The van der Waals surface area contributed by atoms with Crippen molar-refractivity contribution in [1.29, 1.82) is 0 Å². The van der Waals surface area contributed by atoms with Crippen LogP contribution in [0.15, 0.2) is 24.3 Å². The molecule has 2 saturated heterocycles. The molecular formula is C17H24N2O2. The van der Waals surface area contributed by atoms with Gasteiger partial charge in [-0.1, -0.05) is 12.1 Å². The lowest BCUT2D eigenvalue weighted by atomic mass is 9.97. The number of fused-ring (bicyclic) bond motifs is 2. The molecule has 0 saturated carbocycles. The van der Waals surface area contributed by atoms with Gasteiger partial charge in [-0.2, -0.15) is 0 Å². The van der Waals surface area contributed by atoms with Crippen molar-refractivity contribution in [2.75, 3.05) is 13.7 Å². The fourth-order valence-electron chi connectivity index (χ4n) is 3.83. The Bertz CT molecular complexity index is 505. The van der Waals surface area contributed by atoms with Gasteiger partial charge in [-0.25, -0.2) is 0 Å². The van der Waals surface area contributed by atoms with Crippen molar-refractivity contribution in [1.82, 2.24) is 10.2 Å². The first-order valence-electron chi connectivity index (χ1n) is 7.93. The number of carbonyl (C=O) groups excluding carboxylic acids is 1. The number of nitrogens with one attached hydrogen (secondary N) is 1. The third-order valence-corrected chi connectivity index (χ3v) is 4.83. The molecule has 0 aliphatic carbocycles. The minimum atomic E-state index is 0.0984. The zero-order chi connectivity index (χ0) is 14.8. The van der Waals surface area contributed by atoms with Gasteiger partial charge in [0.1, 0.15) is 5.75 Å². The number of carbonyl (C=O) groups is 1. The smallest absolute Gasteiger partial charge is 0.257 e. The highest BCUT2D eigenvalue weighted by atomic mass is 16.5. The van der Waals surface area contributed by atoms with Crippen molar-refractivity contribution in [3.05, 3.63) is 29.8 Å². The van der Waals surface area contributed by atoms with Crippen LogP contribution < -0.4 is 10.1 Å². The lowest BCUT2D eigenvalue weighted by Gasteiger charge is -2.37. The van der Waals surface area contributed by atoms with Gasteiger partial charge in [0.2, 0.25) is 0 Å². The Kier molecular flexibility index (Phi) is 4.15. The van der Waals surface area contributed by atoms with Crippen molar-refractivity contribution in [2.45, 2.75) is 50.7 Å². The Morgan fingerprint density at radius 3 is 2.57 bits per heavy atom. The maximum atomic E-state index is 12.9. The molecule has 1 aromatic rings. The van der Waals surface area contributed by atoms with Crippen molar-refractivity contribution < 1.29 is 9.53 Å². The fourth-order valence-corrected chi connectivity index (χ4v) is 3.83. The van der Waals surface area contributed by atoms with Gasteiger partial charge in [0.15, 0.2) is 0 Å². The normalized spacial score (nSPS) is 27.4. The summed E-state index contributed by atoms with van der Waals surface area (Å²) in [7, 11) is 1.62. The van der Waals surface area contributed by atoms with Gasteiger partial charge in [0, 0.05) is 24.7 Å². The van der Waals surface area contributed by atoms with Crippen LogP contribution in [0, 0.1) is 0 Å². The number of ether oxygens (including phenoxy) is 1. The van der Waals surface area contributed by atoms with E-state index in [0.717, 1.165) is 19.4 Å². The molecule has 2 aliphatic rings. The van der Waals surface area contributed by atoms with Crippen LogP contribution in [0.3, 0.4) is 0 Å². The van der Waals surface area contributed by atoms with E-state index in [1.165, 1.54) is 12.8 Å². The van der Waals surface area contributed by atoms with Crippen LogP contribution in [0.5, 0.6) is 5.75 Å². The Balaban J connectivity index is 1.81. The maximum absolute atomic E-state index is 12.9. The van der Waals surface area contributed by atoms with Crippen molar-refractivity contribution in [3.63, 3.8) is 0 Å². The van der Waals surface area contributed by atoms with Crippen LogP contribution >= 0.6 is 0 Å². The van der Waals surface area contributed by atoms with Gasteiger partial charge < -0.3 is 15.0 Å². The van der Waals surface area contributed by atoms with Crippen molar-refractivity contribution in [2.24, 2.45) is 0 Å². The van der Waals surface area contributed by atoms with E-state index in [0.29, 0.717) is 29.4 Å². The van der Waals surface area contributed by atoms with E-state index < -0.39 is 0 Å². The summed E-state index contributed by atoms with van der Waals surface area (Å²) >= 11 is 0. The lowest BCUT2D eigenvalue weighted by molar-refractivity contribution is 0.0628. The monoisotopic (exact) mass is 288 g/mol. The largest absolute Gasteiger partial charge is 0.496 e. The number of para-hydroxylation sites is 1. The second-order valence-corrected chi connectivity index (χ2v) is 6.05. The zero-order valence-corrected chi connectivity index (χ0v) is 12.8. The van der Waals surface area contributed by atoms with E-state index in [1.54, 1.807) is 7.11 Å². The van der Waals surface area contributed by atoms with Gasteiger partial charge in [-0.15, -0.1) is 0 Å². The quantitative estimate of drug-likeness (QED) is 0.925. The number of nitrogens with zero attached hydrogens (tertiary/aromatic N) is 1. The molecule has 4 nitrogen and oxygen atoms in total. The molecule has 0 aromatic heterocycles. The molecule has 2 bridgehead atoms. The molecule has 1 N–H and O–H groups in total. The Hall–Kier alpha value is -1.55. The number of hydrogen-bond acceptors (Lipinski definition) is 3. The van der Waals surface area contributed by atoms with E-state index in [4.69, 9.17) is 4.74 Å². The van der Waals surface area contributed by atoms with Gasteiger partial charge in [-0.05, 0) is 44.7 Å². The second-order valence-electron chi connectivity index (χ2n) is 6.05. The van der Waals surface area contributed by atoms with Crippen LogP contribution in [0.25, 0.3) is 0 Å². The average molecular weight is 288 g/mol. The highest BCUT2D eigenvalue weighted by Crippen LogP contribution is 2.31. The first-order chi connectivity index (χ1) is 10.2. The number of piperidine rings is 1. The fraction of sp³-hybridized carbons (Fsp3) is 0.588. The molecule has 1 amide bonds. The first-order valence-corrected chi connectivity index (χ1v) is 7.93. The number of hydrogen-bond donors (Lipinski definition) is 1. The zero-order valence-electron chi connectivity index (χ0n) is 12.8. The molecule has 21 heavy (non-hydrogen) atoms. The minimum absolute atomic E-state index is 0.0984. The topological polar surface area (TPSA) is 41.6 Å². The summed E-state index contributed by atoms with van der Waals surface area (Å²) < 4.78 is 5.34. The number of rotatable bonds is 4. The van der Waals surface area contributed by atoms with Crippen LogP contribution in [-0.2, 0) is 0 Å². The maximum Gasteiger partial charge on any atom is 0.257 e. The molecule has 114 valence electrons. The van der Waals surface area contributed by atoms with Crippen LogP contribution in [0.4, 0.5) is 0 Å². The van der Waals surface area contributed by atoms with E-state index in [9.17, 15) is 4.79 Å². The summed E-state index contributed by atoms with van der Waals surface area (Å²) in [5, 5.41) is 3.64. The molecular weight excluding hydrogens is 264 g/mol. The molecule has 1 aromatic carbocycles. The van der Waals surface area contributed by atoms with Crippen LogP contribution in [0.1, 0.15) is 43.0 Å². The molecule has 0 radical (unpaired) electrons. The van der Waals surface area contributed by atoms with Gasteiger partial charge in [-0.3, -0.25) is 4.79 Å². The summed E-state index contributed by atoms with van der Waals surface area (Å²) in [6, 6.07) is 9.05. The van der Waals surface area contributed by atoms with Crippen LogP contribution in [-0.4, -0.2) is 42.6 Å². The Labute approximate surface area is 126 Å². The van der Waals surface area contributed by atoms with Gasteiger partial charge in [0.25, 0.3) is 5.91 Å². The van der Waals surface area contributed by atoms with Gasteiger partial charge >= 0.3 is 0 Å². The number of benzene rings is 1. The van der Waals surface area contributed by atoms with Crippen molar-refractivity contribution in [3.8, 4) is 5.75 Å². The third kappa shape index (κ3) is 2.77. The van der Waals surface area contributed by atoms with Gasteiger partial charge in [0.05, 0.1) is 12.7 Å². The molecule has 2 fully saturated rings. The third-order valence-electron chi connectivity index (χ3n) is 4.83. The molecule has 0 spiro atoms. The average Bonchev–Trinajstić information content (AvgIpc) is 2.86. The molecule has 3 rings (SSSR count). The summed E-state index contributed by atoms with van der Waals surface area (Å²) in [5.41, 5.74) is 0.674. The molecule has 2 heterocycles. The predicted octanol–water partition coefficient (Wildman–Crippen LogP) is 2.44. The second kappa shape index (κ2) is 6.06. The van der Waals surface area contributed by atoms with E-state index in [1.807, 2.05) is 29.2 Å². The number of methoxy groups -OCH3 is 1. The molecule has 4 heteroatoms. The molecule has 2 unspecified atom stereocenters. The lowest BCUT2D eigenvalue weighted by Crippen LogP contribution is -2.50. The van der Waals surface area contributed by atoms with E-state index in [-0.39, 0.29) is 5.91 Å². The summed E-state index contributed by atoms with van der Waals surface area (Å²) in [6.07, 6.45) is 4.65. The summed E-state index contributed by atoms with van der Waals surface area (Å²) in [4.78, 5) is 14.9. The highest BCUT2D eigenvalue weighted by Gasteiger charge is 2.37. The predicted molar refractivity (Wildman–Crippen MR) is 82.7 cm³/mol. The van der Waals surface area contributed by atoms with E-state index in [2.05, 4.69) is 12.2 Å². The Morgan fingerprint density at radius 2 is 1.95 bits per heavy atom. The first kappa shape index (κ1) is 14.4. The van der Waals surface area contributed by atoms with Crippen molar-refractivity contribution >= 4 is 5.91 Å². The minimum Gasteiger partial charge on any atom is -0.496 e. The number of amides is 1. The standard InChI is InChI=1S/C17H24N2O2/c1-3-19(14-10-12-8-9-13(11-14)18-12)17(20)15-6-4-5-7-16(15)21-2/h4-7,12-14,18H,3,8-11H2,1-2H3. The molecule has 2 atom stereocenters. The Morgan fingerprint density at radius 1 is 1.29 bits per heavy atom. The molecule has 2 aliphatic heterocycles. The summed E-state index contributed by atoms with van der Waals surface area (Å²) in [6.45, 7) is 2.82. The van der Waals surface area contributed by atoms with Crippen LogP contribution in [0.2, 0.25) is 0 Å². The SMILES string of the molecule is CCN(C(=O)c1ccccc1OC)C1CC2CCC(C1)N2. The van der Waals surface area contributed by atoms with E-state index >= 15 is 0 Å². The summed E-state index contributed by atoms with van der Waals surface area (Å²) in [5.74, 6) is 0.763. The highest BCUT2D eigenvalue weighted by molar-refractivity contribution is 5.97.